The van der Waals surface area contributed by atoms with Gasteiger partial charge in [-0.05, 0) is 58.8 Å². The maximum absolute atomic E-state index is 12.1. The molecule has 2 N–H and O–H groups in total. The highest BCUT2D eigenvalue weighted by molar-refractivity contribution is 5.67. The van der Waals surface area contributed by atoms with E-state index in [2.05, 4.69) is 114 Å². The van der Waals surface area contributed by atoms with Gasteiger partial charge in [-0.2, -0.15) is 0 Å². The van der Waals surface area contributed by atoms with E-state index in [0.717, 1.165) is 51.4 Å². The predicted molar refractivity (Wildman–Crippen MR) is 200 cm³/mol. The zero-order chi connectivity index (χ0) is 35.3. The molecule has 2 atom stereocenters. The molecule has 3 rings (SSSR count). The average Bonchev–Trinajstić information content (AvgIpc) is 3.08. The van der Waals surface area contributed by atoms with Crippen LogP contribution in [-0.2, 0) is 31.2 Å². The molecule has 262 valence electrons. The average molecular weight is 655 g/mol. The summed E-state index contributed by atoms with van der Waals surface area (Å²) >= 11 is 0. The summed E-state index contributed by atoms with van der Waals surface area (Å²) < 4.78 is 0. The van der Waals surface area contributed by atoms with Gasteiger partial charge >= 0.3 is 11.9 Å². The van der Waals surface area contributed by atoms with Crippen molar-refractivity contribution in [2.45, 2.75) is 153 Å². The maximum atomic E-state index is 12.1. The van der Waals surface area contributed by atoms with Crippen molar-refractivity contribution in [1.82, 2.24) is 0 Å². The number of carboxylic acids is 2. The van der Waals surface area contributed by atoms with Crippen LogP contribution in [0.1, 0.15) is 154 Å². The van der Waals surface area contributed by atoms with Gasteiger partial charge in [-0.3, -0.25) is 9.59 Å². The third kappa shape index (κ3) is 8.98. The number of hydrogen-bond donors (Lipinski definition) is 2. The Morgan fingerprint density at radius 1 is 0.458 bits per heavy atom. The van der Waals surface area contributed by atoms with Crippen molar-refractivity contribution in [2.75, 3.05) is 0 Å². The second kappa shape index (κ2) is 17.8. The minimum absolute atomic E-state index is 0.123. The van der Waals surface area contributed by atoms with Crippen LogP contribution in [0.2, 0.25) is 0 Å². The standard InChI is InChI=1S/C44H62O4/c1-7-9-11-19-31-43(33-29-39(45)46,37-21-15-13-16-22-37)41(3,4)35-25-27-36(28-26-35)42(5,6)44(34-30-40(47)48,32-20-12-10-8-2)38-23-17-14-18-24-38/h13-18,21-28H,7-12,19-20,29-34H2,1-6H3,(H,45,46)(H,47,48). The van der Waals surface area contributed by atoms with Gasteiger partial charge in [-0.1, -0.05) is 178 Å². The molecule has 0 heterocycles. The molecule has 0 aromatic heterocycles. The molecule has 3 aromatic carbocycles. The number of unbranched alkanes of at least 4 members (excludes halogenated alkanes) is 6. The minimum Gasteiger partial charge on any atom is -0.481 e. The molecule has 2 unspecified atom stereocenters. The predicted octanol–water partition coefficient (Wildman–Crippen LogP) is 11.8. The van der Waals surface area contributed by atoms with Gasteiger partial charge < -0.3 is 10.2 Å². The Bertz CT molecular complexity index is 1280. The number of aliphatic carboxylic acids is 2. The molecule has 0 spiro atoms. The van der Waals surface area contributed by atoms with Gasteiger partial charge in [0.15, 0.2) is 0 Å². The second-order valence-electron chi connectivity index (χ2n) is 15.1. The number of rotatable bonds is 22. The zero-order valence-corrected chi connectivity index (χ0v) is 30.7. The Kier molecular flexibility index (Phi) is 14.5. The Labute approximate surface area is 291 Å². The van der Waals surface area contributed by atoms with Crippen molar-refractivity contribution < 1.29 is 19.8 Å². The first-order valence-electron chi connectivity index (χ1n) is 18.5. The molecule has 0 saturated heterocycles. The van der Waals surface area contributed by atoms with Gasteiger partial charge in [0.25, 0.3) is 0 Å². The number of carboxylic acid groups (broad SMARTS) is 2. The minimum atomic E-state index is -0.755. The molecule has 0 fully saturated rings. The summed E-state index contributed by atoms with van der Waals surface area (Å²) in [5, 5.41) is 19.8. The van der Waals surface area contributed by atoms with E-state index in [1.165, 1.54) is 35.1 Å². The van der Waals surface area contributed by atoms with Crippen LogP contribution in [0.5, 0.6) is 0 Å². The van der Waals surface area contributed by atoms with Crippen molar-refractivity contribution in [3.63, 3.8) is 0 Å². The summed E-state index contributed by atoms with van der Waals surface area (Å²) in [6.45, 7) is 13.7. The lowest BCUT2D eigenvalue weighted by Crippen LogP contribution is -2.47. The van der Waals surface area contributed by atoms with E-state index in [4.69, 9.17) is 0 Å². The zero-order valence-electron chi connectivity index (χ0n) is 30.7. The topological polar surface area (TPSA) is 74.6 Å². The SMILES string of the molecule is CCCCCCC(CCC(=O)O)(c1ccccc1)C(C)(C)c1ccc(C(C)(C)C(CCCCCC)(CCC(=O)O)c2ccccc2)cc1. The van der Waals surface area contributed by atoms with Gasteiger partial charge in [0, 0.05) is 23.7 Å². The van der Waals surface area contributed by atoms with Gasteiger partial charge in [0.1, 0.15) is 0 Å². The summed E-state index contributed by atoms with van der Waals surface area (Å²) in [5.41, 5.74) is 3.41. The van der Waals surface area contributed by atoms with E-state index in [9.17, 15) is 19.8 Å². The molecule has 0 aliphatic heterocycles. The number of benzene rings is 3. The van der Waals surface area contributed by atoms with Crippen molar-refractivity contribution in [2.24, 2.45) is 0 Å². The lowest BCUT2D eigenvalue weighted by Gasteiger charge is -2.50. The molecule has 48 heavy (non-hydrogen) atoms. The van der Waals surface area contributed by atoms with Crippen LogP contribution < -0.4 is 0 Å². The maximum Gasteiger partial charge on any atom is 0.303 e. The van der Waals surface area contributed by atoms with Crippen LogP contribution in [0, 0.1) is 0 Å². The first kappa shape index (κ1) is 39.0. The monoisotopic (exact) mass is 654 g/mol. The fraction of sp³-hybridized carbons (Fsp3) is 0.545. The lowest BCUT2D eigenvalue weighted by molar-refractivity contribution is -0.138. The highest BCUT2D eigenvalue weighted by Gasteiger charge is 2.49. The lowest BCUT2D eigenvalue weighted by atomic mass is 9.53. The van der Waals surface area contributed by atoms with E-state index in [-0.39, 0.29) is 34.5 Å². The Morgan fingerprint density at radius 3 is 1.08 bits per heavy atom. The smallest absolute Gasteiger partial charge is 0.303 e. The summed E-state index contributed by atoms with van der Waals surface area (Å²) in [5.74, 6) is -1.51. The second-order valence-corrected chi connectivity index (χ2v) is 15.1. The van der Waals surface area contributed by atoms with Crippen LogP contribution in [0.15, 0.2) is 84.9 Å². The molecule has 4 nitrogen and oxygen atoms in total. The first-order chi connectivity index (χ1) is 22.9. The van der Waals surface area contributed by atoms with E-state index in [0.29, 0.717) is 12.8 Å². The van der Waals surface area contributed by atoms with Crippen LogP contribution in [0.25, 0.3) is 0 Å². The van der Waals surface area contributed by atoms with E-state index >= 15 is 0 Å². The molecule has 0 aliphatic rings. The molecule has 0 saturated carbocycles. The largest absolute Gasteiger partial charge is 0.481 e. The van der Waals surface area contributed by atoms with Crippen molar-refractivity contribution >= 4 is 11.9 Å². The van der Waals surface area contributed by atoms with Gasteiger partial charge in [-0.25, -0.2) is 0 Å². The Balaban J connectivity index is 2.15. The number of carbonyl (C=O) groups is 2. The van der Waals surface area contributed by atoms with Gasteiger partial charge in [0.05, 0.1) is 0 Å². The van der Waals surface area contributed by atoms with Crippen molar-refractivity contribution in [3.05, 3.63) is 107 Å². The molecule has 0 bridgehead atoms. The van der Waals surface area contributed by atoms with E-state index < -0.39 is 11.9 Å². The summed E-state index contributed by atoms with van der Waals surface area (Å²) in [6, 6.07) is 30.3. The Hall–Kier alpha value is -3.40. The molecular formula is C44H62O4. The molecule has 0 amide bonds. The van der Waals surface area contributed by atoms with E-state index in [1.807, 2.05) is 12.1 Å². The number of hydrogen-bond acceptors (Lipinski definition) is 2. The normalized spacial score (nSPS) is 14.6. The van der Waals surface area contributed by atoms with E-state index in [1.54, 1.807) is 0 Å². The molecule has 0 radical (unpaired) electrons. The third-order valence-electron chi connectivity index (χ3n) is 11.8. The molecule has 0 aliphatic carbocycles. The van der Waals surface area contributed by atoms with Crippen molar-refractivity contribution in [3.8, 4) is 0 Å². The molecule has 3 aromatic rings. The van der Waals surface area contributed by atoms with Crippen LogP contribution in [0.3, 0.4) is 0 Å². The van der Waals surface area contributed by atoms with Crippen LogP contribution in [-0.4, -0.2) is 22.2 Å². The fourth-order valence-electron chi connectivity index (χ4n) is 8.52. The van der Waals surface area contributed by atoms with Crippen molar-refractivity contribution in [1.29, 1.82) is 0 Å². The highest BCUT2D eigenvalue weighted by atomic mass is 16.4. The fourth-order valence-corrected chi connectivity index (χ4v) is 8.52. The van der Waals surface area contributed by atoms with Crippen LogP contribution in [0.4, 0.5) is 0 Å². The first-order valence-corrected chi connectivity index (χ1v) is 18.5. The van der Waals surface area contributed by atoms with Crippen LogP contribution >= 0.6 is 0 Å². The van der Waals surface area contributed by atoms with Gasteiger partial charge in [-0.15, -0.1) is 0 Å². The third-order valence-corrected chi connectivity index (χ3v) is 11.8. The molecular weight excluding hydrogens is 592 g/mol. The summed E-state index contributed by atoms with van der Waals surface area (Å²) in [6.07, 6.45) is 12.3. The summed E-state index contributed by atoms with van der Waals surface area (Å²) in [7, 11) is 0. The quantitative estimate of drug-likeness (QED) is 0.106. The summed E-state index contributed by atoms with van der Waals surface area (Å²) in [4.78, 5) is 24.1. The molecule has 4 heteroatoms. The van der Waals surface area contributed by atoms with Gasteiger partial charge in [0.2, 0.25) is 0 Å². The Morgan fingerprint density at radius 2 is 0.792 bits per heavy atom. The highest BCUT2D eigenvalue weighted by Crippen LogP contribution is 2.53.